The quantitative estimate of drug-likeness (QED) is 0.869. The lowest BCUT2D eigenvalue weighted by Gasteiger charge is -2.12. The second kappa shape index (κ2) is 5.91. The van der Waals surface area contributed by atoms with Crippen molar-refractivity contribution in [3.8, 4) is 11.1 Å². The van der Waals surface area contributed by atoms with Gasteiger partial charge in [-0.15, -0.1) is 0 Å². The molecule has 0 heterocycles. The van der Waals surface area contributed by atoms with Crippen molar-refractivity contribution in [3.05, 3.63) is 59.2 Å². The standard InChI is InChI=1S/C18H20O2/c1-4-13-9-16(12(2)3)11-17(10-13)14-5-7-15(8-6-14)18(19)20/h5-12H,4H2,1-3H3,(H,19,20). The Balaban J connectivity index is 2.45. The van der Waals surface area contributed by atoms with Crippen molar-refractivity contribution in [1.82, 2.24) is 0 Å². The van der Waals surface area contributed by atoms with Crippen molar-refractivity contribution in [2.24, 2.45) is 0 Å². The van der Waals surface area contributed by atoms with E-state index >= 15 is 0 Å². The van der Waals surface area contributed by atoms with Crippen molar-refractivity contribution in [1.29, 1.82) is 0 Å². The molecule has 0 atom stereocenters. The number of aromatic carboxylic acids is 1. The molecule has 2 rings (SSSR count). The van der Waals surface area contributed by atoms with Gasteiger partial charge in [-0.3, -0.25) is 0 Å². The summed E-state index contributed by atoms with van der Waals surface area (Å²) in [4.78, 5) is 10.9. The van der Waals surface area contributed by atoms with E-state index < -0.39 is 5.97 Å². The molecule has 0 unspecified atom stereocenters. The van der Waals surface area contributed by atoms with Gasteiger partial charge in [-0.1, -0.05) is 51.1 Å². The molecular weight excluding hydrogens is 248 g/mol. The van der Waals surface area contributed by atoms with Crippen molar-refractivity contribution < 1.29 is 9.90 Å². The summed E-state index contributed by atoms with van der Waals surface area (Å²) in [7, 11) is 0. The van der Waals surface area contributed by atoms with Crippen LogP contribution in [0.25, 0.3) is 11.1 Å². The normalized spacial score (nSPS) is 10.8. The fourth-order valence-electron chi connectivity index (χ4n) is 2.23. The monoisotopic (exact) mass is 268 g/mol. The lowest BCUT2D eigenvalue weighted by atomic mass is 9.93. The number of benzene rings is 2. The molecule has 2 aromatic carbocycles. The lowest BCUT2D eigenvalue weighted by molar-refractivity contribution is 0.0697. The maximum Gasteiger partial charge on any atom is 0.335 e. The van der Waals surface area contributed by atoms with Crippen LogP contribution in [0.15, 0.2) is 42.5 Å². The summed E-state index contributed by atoms with van der Waals surface area (Å²) < 4.78 is 0. The van der Waals surface area contributed by atoms with Gasteiger partial charge in [-0.25, -0.2) is 4.79 Å². The smallest absolute Gasteiger partial charge is 0.335 e. The lowest BCUT2D eigenvalue weighted by Crippen LogP contribution is -1.96. The number of rotatable bonds is 4. The molecule has 104 valence electrons. The molecule has 1 N–H and O–H groups in total. The molecule has 0 aromatic heterocycles. The first-order valence-electron chi connectivity index (χ1n) is 6.99. The van der Waals surface area contributed by atoms with E-state index in [1.807, 2.05) is 12.1 Å². The Labute approximate surface area is 120 Å². The largest absolute Gasteiger partial charge is 0.478 e. The van der Waals surface area contributed by atoms with E-state index in [-0.39, 0.29) is 0 Å². The zero-order chi connectivity index (χ0) is 14.7. The molecule has 2 aromatic rings. The Kier molecular flexibility index (Phi) is 4.23. The molecule has 0 saturated heterocycles. The summed E-state index contributed by atoms with van der Waals surface area (Å²) in [6, 6.07) is 13.7. The summed E-state index contributed by atoms with van der Waals surface area (Å²) in [5.41, 5.74) is 5.18. The van der Waals surface area contributed by atoms with Crippen LogP contribution in [-0.2, 0) is 6.42 Å². The van der Waals surface area contributed by atoms with Gasteiger partial charge in [0.05, 0.1) is 5.56 Å². The molecule has 0 aliphatic carbocycles. The van der Waals surface area contributed by atoms with E-state index in [2.05, 4.69) is 39.0 Å². The number of aryl methyl sites for hydroxylation is 1. The number of carbonyl (C=O) groups is 1. The molecule has 2 heteroatoms. The van der Waals surface area contributed by atoms with Gasteiger partial charge in [0.15, 0.2) is 0 Å². The van der Waals surface area contributed by atoms with E-state index in [0.717, 1.165) is 17.5 Å². The molecule has 0 aliphatic rings. The van der Waals surface area contributed by atoms with Crippen molar-refractivity contribution in [2.75, 3.05) is 0 Å². The summed E-state index contributed by atoms with van der Waals surface area (Å²) >= 11 is 0. The first kappa shape index (κ1) is 14.3. The summed E-state index contributed by atoms with van der Waals surface area (Å²) in [6.07, 6.45) is 1.00. The predicted octanol–water partition coefficient (Wildman–Crippen LogP) is 4.74. The maximum atomic E-state index is 10.9. The van der Waals surface area contributed by atoms with Gasteiger partial charge in [-0.05, 0) is 46.7 Å². The zero-order valence-corrected chi connectivity index (χ0v) is 12.2. The number of carboxylic acid groups (broad SMARTS) is 1. The molecule has 0 bridgehead atoms. The first-order chi connectivity index (χ1) is 9.51. The minimum Gasteiger partial charge on any atom is -0.478 e. The van der Waals surface area contributed by atoms with Crippen LogP contribution in [0.2, 0.25) is 0 Å². The molecule has 20 heavy (non-hydrogen) atoms. The molecule has 0 aliphatic heterocycles. The second-order valence-corrected chi connectivity index (χ2v) is 5.35. The summed E-state index contributed by atoms with van der Waals surface area (Å²) in [5, 5.41) is 8.95. The van der Waals surface area contributed by atoms with Crippen LogP contribution in [0.3, 0.4) is 0 Å². The van der Waals surface area contributed by atoms with Crippen LogP contribution in [0, 0.1) is 0 Å². The van der Waals surface area contributed by atoms with Crippen LogP contribution in [0.5, 0.6) is 0 Å². The Bertz CT molecular complexity index is 610. The third-order valence-electron chi connectivity index (χ3n) is 3.56. The molecule has 2 nitrogen and oxygen atoms in total. The SMILES string of the molecule is CCc1cc(-c2ccc(C(=O)O)cc2)cc(C(C)C)c1. The minimum absolute atomic E-state index is 0.324. The average Bonchev–Trinajstić information content (AvgIpc) is 2.46. The molecule has 0 fully saturated rings. The zero-order valence-electron chi connectivity index (χ0n) is 12.2. The molecule has 0 spiro atoms. The molecular formula is C18H20O2. The molecule has 0 radical (unpaired) electrons. The van der Waals surface area contributed by atoms with Crippen LogP contribution in [0.1, 0.15) is 48.2 Å². The van der Waals surface area contributed by atoms with Gasteiger partial charge in [-0.2, -0.15) is 0 Å². The van der Waals surface area contributed by atoms with E-state index in [4.69, 9.17) is 5.11 Å². The second-order valence-electron chi connectivity index (χ2n) is 5.35. The van der Waals surface area contributed by atoms with Gasteiger partial charge in [0.25, 0.3) is 0 Å². The van der Waals surface area contributed by atoms with Crippen LogP contribution < -0.4 is 0 Å². The van der Waals surface area contributed by atoms with E-state index in [9.17, 15) is 4.79 Å². The average molecular weight is 268 g/mol. The maximum absolute atomic E-state index is 10.9. The van der Waals surface area contributed by atoms with Gasteiger partial charge in [0.1, 0.15) is 0 Å². The minimum atomic E-state index is -0.887. The highest BCUT2D eigenvalue weighted by Gasteiger charge is 2.07. The van der Waals surface area contributed by atoms with Crippen molar-refractivity contribution >= 4 is 5.97 Å². The van der Waals surface area contributed by atoms with Gasteiger partial charge in [0.2, 0.25) is 0 Å². The Morgan fingerprint density at radius 2 is 1.70 bits per heavy atom. The highest BCUT2D eigenvalue weighted by Crippen LogP contribution is 2.26. The van der Waals surface area contributed by atoms with Gasteiger partial charge < -0.3 is 5.11 Å². The molecule has 0 saturated carbocycles. The fraction of sp³-hybridized carbons (Fsp3) is 0.278. The van der Waals surface area contributed by atoms with Crippen LogP contribution in [0.4, 0.5) is 0 Å². The predicted molar refractivity (Wildman–Crippen MR) is 82.3 cm³/mol. The number of hydrogen-bond acceptors (Lipinski definition) is 1. The van der Waals surface area contributed by atoms with Gasteiger partial charge in [0, 0.05) is 0 Å². The van der Waals surface area contributed by atoms with E-state index in [1.54, 1.807) is 12.1 Å². The van der Waals surface area contributed by atoms with Crippen LogP contribution >= 0.6 is 0 Å². The van der Waals surface area contributed by atoms with Crippen molar-refractivity contribution in [3.63, 3.8) is 0 Å². The van der Waals surface area contributed by atoms with Gasteiger partial charge >= 0.3 is 5.97 Å². The third-order valence-corrected chi connectivity index (χ3v) is 3.56. The number of carboxylic acids is 1. The topological polar surface area (TPSA) is 37.3 Å². The molecule has 0 amide bonds. The Morgan fingerprint density at radius 3 is 2.20 bits per heavy atom. The highest BCUT2D eigenvalue weighted by atomic mass is 16.4. The summed E-state index contributed by atoms with van der Waals surface area (Å²) in [6.45, 7) is 6.52. The Hall–Kier alpha value is -2.09. The van der Waals surface area contributed by atoms with E-state index in [1.165, 1.54) is 11.1 Å². The fourth-order valence-corrected chi connectivity index (χ4v) is 2.23. The first-order valence-corrected chi connectivity index (χ1v) is 6.99. The van der Waals surface area contributed by atoms with Crippen LogP contribution in [-0.4, -0.2) is 11.1 Å². The third kappa shape index (κ3) is 3.08. The summed E-state index contributed by atoms with van der Waals surface area (Å²) in [5.74, 6) is -0.403. The van der Waals surface area contributed by atoms with Crippen molar-refractivity contribution in [2.45, 2.75) is 33.1 Å². The highest BCUT2D eigenvalue weighted by molar-refractivity contribution is 5.88. The number of hydrogen-bond donors (Lipinski definition) is 1. The Morgan fingerprint density at radius 1 is 1.05 bits per heavy atom. The van der Waals surface area contributed by atoms with E-state index in [0.29, 0.717) is 11.5 Å².